The van der Waals surface area contributed by atoms with Crippen LogP contribution in [0.15, 0.2) is 72.8 Å². The highest BCUT2D eigenvalue weighted by molar-refractivity contribution is 6.00. The number of ether oxygens (including phenoxy) is 1. The van der Waals surface area contributed by atoms with E-state index in [1.807, 2.05) is 76.2 Å². The van der Waals surface area contributed by atoms with E-state index >= 15 is 0 Å². The molecule has 42 heavy (non-hydrogen) atoms. The van der Waals surface area contributed by atoms with Crippen molar-refractivity contribution in [3.05, 3.63) is 95.1 Å². The number of alkyl carbamates (subject to hydrolysis) is 1. The second-order valence-corrected chi connectivity index (χ2v) is 11.6. The monoisotopic (exact) mass is 573 g/mol. The minimum Gasteiger partial charge on any atom is -0.508 e. The summed E-state index contributed by atoms with van der Waals surface area (Å²) in [5.41, 5.74) is 3.07. The fourth-order valence-electron chi connectivity index (χ4n) is 4.77. The predicted molar refractivity (Wildman–Crippen MR) is 165 cm³/mol. The fourth-order valence-corrected chi connectivity index (χ4v) is 4.77. The van der Waals surface area contributed by atoms with Crippen LogP contribution >= 0.6 is 0 Å². The van der Waals surface area contributed by atoms with Gasteiger partial charge in [0.05, 0.1) is 0 Å². The van der Waals surface area contributed by atoms with Crippen molar-refractivity contribution in [3.63, 3.8) is 0 Å². The lowest BCUT2D eigenvalue weighted by Crippen LogP contribution is -2.55. The molecule has 0 aliphatic rings. The van der Waals surface area contributed by atoms with Gasteiger partial charge in [-0.05, 0) is 82.3 Å². The Morgan fingerprint density at radius 1 is 0.905 bits per heavy atom. The van der Waals surface area contributed by atoms with Gasteiger partial charge in [-0.15, -0.1) is 0 Å². The van der Waals surface area contributed by atoms with Crippen LogP contribution in [0.3, 0.4) is 0 Å². The molecule has 0 saturated carbocycles. The van der Waals surface area contributed by atoms with E-state index in [4.69, 9.17) is 4.74 Å². The minimum atomic E-state index is -1.05. The fraction of sp³-hybridized carbons (Fsp3) is 0.382. The molecule has 8 nitrogen and oxygen atoms in total. The average Bonchev–Trinajstić information content (AvgIpc) is 2.92. The number of nitrogens with zero attached hydrogens (tertiary/aromatic N) is 1. The van der Waals surface area contributed by atoms with Crippen molar-refractivity contribution >= 4 is 23.6 Å². The van der Waals surface area contributed by atoms with Crippen molar-refractivity contribution in [3.8, 4) is 5.75 Å². The normalized spacial score (nSPS) is 13.4. The molecule has 3 N–H and O–H groups in total. The number of para-hydroxylation sites is 1. The summed E-state index contributed by atoms with van der Waals surface area (Å²) in [6.45, 7) is 12.9. The molecule has 0 spiro atoms. The number of aryl methyl sites for hydroxylation is 2. The Morgan fingerprint density at radius 3 is 2.05 bits per heavy atom. The topological polar surface area (TPSA) is 108 Å². The van der Waals surface area contributed by atoms with Gasteiger partial charge in [0.15, 0.2) is 0 Å². The summed E-state index contributed by atoms with van der Waals surface area (Å²) < 4.78 is 5.51. The van der Waals surface area contributed by atoms with Crippen molar-refractivity contribution in [2.75, 3.05) is 5.32 Å². The third kappa shape index (κ3) is 8.59. The first-order valence-corrected chi connectivity index (χ1v) is 14.3. The van der Waals surface area contributed by atoms with Crippen molar-refractivity contribution in [2.45, 2.75) is 85.0 Å². The Hall–Kier alpha value is -4.33. The van der Waals surface area contributed by atoms with Gasteiger partial charge in [-0.3, -0.25) is 9.59 Å². The molecule has 3 aromatic rings. The maximum atomic E-state index is 14.5. The second kappa shape index (κ2) is 14.0. The van der Waals surface area contributed by atoms with E-state index < -0.39 is 35.6 Å². The Morgan fingerprint density at radius 2 is 1.50 bits per heavy atom. The number of amides is 3. The summed E-state index contributed by atoms with van der Waals surface area (Å²) in [7, 11) is 0. The number of phenolic OH excluding ortho intramolecular Hbond substituents is 1. The predicted octanol–water partition coefficient (Wildman–Crippen LogP) is 6.45. The lowest BCUT2D eigenvalue weighted by atomic mass is 9.97. The first-order valence-electron chi connectivity index (χ1n) is 14.3. The summed E-state index contributed by atoms with van der Waals surface area (Å²) in [5, 5.41) is 15.8. The van der Waals surface area contributed by atoms with Crippen LogP contribution in [0.1, 0.15) is 69.3 Å². The standard InChI is InChI=1S/C34H43N3O5/c1-8-24(4)37(32(40)28(21-25-15-10-9-11-16-25)35-33(41)42-34(5,6)7)30(26-17-19-27(38)20-18-26)31(39)36-29-22(2)13-12-14-23(29)3/h9-20,24,28,30,38H,8,21H2,1-7H3,(H,35,41)(H,36,39). The second-order valence-electron chi connectivity index (χ2n) is 11.6. The molecule has 3 rings (SSSR count). The third-order valence-corrected chi connectivity index (χ3v) is 7.06. The molecule has 0 heterocycles. The van der Waals surface area contributed by atoms with Gasteiger partial charge in [0.25, 0.3) is 5.91 Å². The van der Waals surface area contributed by atoms with Crippen LogP contribution in [0, 0.1) is 13.8 Å². The molecule has 0 fully saturated rings. The van der Waals surface area contributed by atoms with Gasteiger partial charge in [-0.1, -0.05) is 67.6 Å². The summed E-state index contributed by atoms with van der Waals surface area (Å²) in [6, 6.07) is 19.0. The molecule has 0 radical (unpaired) electrons. The smallest absolute Gasteiger partial charge is 0.408 e. The number of hydrogen-bond acceptors (Lipinski definition) is 5. The number of rotatable bonds is 10. The lowest BCUT2D eigenvalue weighted by molar-refractivity contribution is -0.143. The molecule has 3 unspecified atom stereocenters. The number of aromatic hydroxyl groups is 1. The van der Waals surface area contributed by atoms with Gasteiger partial charge >= 0.3 is 6.09 Å². The number of benzene rings is 3. The van der Waals surface area contributed by atoms with Crippen LogP contribution < -0.4 is 10.6 Å². The maximum Gasteiger partial charge on any atom is 0.408 e. The number of phenols is 1. The summed E-state index contributed by atoms with van der Waals surface area (Å²) in [6.07, 6.45) is 0.0378. The summed E-state index contributed by atoms with van der Waals surface area (Å²) in [5.74, 6) is -0.779. The Kier molecular flexibility index (Phi) is 10.8. The zero-order valence-electron chi connectivity index (χ0n) is 25.6. The zero-order valence-corrected chi connectivity index (χ0v) is 25.6. The van der Waals surface area contributed by atoms with Crippen LogP contribution in [0.4, 0.5) is 10.5 Å². The molecule has 0 bridgehead atoms. The van der Waals surface area contributed by atoms with Crippen molar-refractivity contribution < 1.29 is 24.2 Å². The highest BCUT2D eigenvalue weighted by Gasteiger charge is 2.39. The molecule has 0 aliphatic carbocycles. The number of carbonyl (C=O) groups excluding carboxylic acids is 3. The molecule has 0 saturated heterocycles. The van der Waals surface area contributed by atoms with E-state index in [2.05, 4.69) is 10.6 Å². The molecule has 0 aromatic heterocycles. The molecule has 0 aliphatic heterocycles. The van der Waals surface area contributed by atoms with Gasteiger partial charge in [-0.2, -0.15) is 0 Å². The Balaban J connectivity index is 2.10. The molecule has 224 valence electrons. The van der Waals surface area contributed by atoms with Crippen LogP contribution in [0.2, 0.25) is 0 Å². The first kappa shape index (κ1) is 32.2. The van der Waals surface area contributed by atoms with E-state index in [1.54, 1.807) is 37.8 Å². The van der Waals surface area contributed by atoms with Crippen LogP contribution in [0.25, 0.3) is 0 Å². The van der Waals surface area contributed by atoms with Gasteiger partial charge in [-0.25, -0.2) is 4.79 Å². The van der Waals surface area contributed by atoms with E-state index in [0.29, 0.717) is 17.7 Å². The van der Waals surface area contributed by atoms with Crippen LogP contribution in [-0.2, 0) is 20.7 Å². The highest BCUT2D eigenvalue weighted by atomic mass is 16.6. The SMILES string of the molecule is CCC(C)N(C(=O)C(Cc1ccccc1)NC(=O)OC(C)(C)C)C(C(=O)Nc1c(C)cccc1C)c1ccc(O)cc1. The molecular formula is C34H43N3O5. The summed E-state index contributed by atoms with van der Waals surface area (Å²) in [4.78, 5) is 43.2. The molecular weight excluding hydrogens is 530 g/mol. The van der Waals surface area contributed by atoms with E-state index in [0.717, 1.165) is 16.7 Å². The van der Waals surface area contributed by atoms with E-state index in [9.17, 15) is 19.5 Å². The highest BCUT2D eigenvalue weighted by Crippen LogP contribution is 2.30. The number of nitrogens with one attached hydrogen (secondary N) is 2. The van der Waals surface area contributed by atoms with E-state index in [1.165, 1.54) is 12.1 Å². The van der Waals surface area contributed by atoms with Gasteiger partial charge in [0.1, 0.15) is 23.4 Å². The lowest BCUT2D eigenvalue weighted by Gasteiger charge is -2.38. The van der Waals surface area contributed by atoms with Crippen molar-refractivity contribution in [1.29, 1.82) is 0 Å². The average molecular weight is 574 g/mol. The molecule has 8 heteroatoms. The summed E-state index contributed by atoms with van der Waals surface area (Å²) >= 11 is 0. The Bertz CT molecular complexity index is 1350. The molecule has 3 atom stereocenters. The number of anilines is 1. The van der Waals surface area contributed by atoms with Crippen molar-refractivity contribution in [1.82, 2.24) is 10.2 Å². The number of carbonyl (C=O) groups is 3. The van der Waals surface area contributed by atoms with Gasteiger partial charge < -0.3 is 25.4 Å². The first-order chi connectivity index (χ1) is 19.8. The zero-order chi connectivity index (χ0) is 31.0. The van der Waals surface area contributed by atoms with Crippen LogP contribution in [-0.4, -0.2) is 45.6 Å². The maximum absolute atomic E-state index is 14.5. The van der Waals surface area contributed by atoms with Gasteiger partial charge in [0, 0.05) is 18.2 Å². The molecule has 3 aromatic carbocycles. The quantitative estimate of drug-likeness (QED) is 0.258. The van der Waals surface area contributed by atoms with Gasteiger partial charge in [0.2, 0.25) is 5.91 Å². The minimum absolute atomic E-state index is 0.0441. The van der Waals surface area contributed by atoms with E-state index in [-0.39, 0.29) is 18.2 Å². The van der Waals surface area contributed by atoms with Crippen LogP contribution in [0.5, 0.6) is 5.75 Å². The molecule has 3 amide bonds. The Labute approximate surface area is 249 Å². The third-order valence-electron chi connectivity index (χ3n) is 7.06. The number of hydrogen-bond donors (Lipinski definition) is 3. The largest absolute Gasteiger partial charge is 0.508 e. The van der Waals surface area contributed by atoms with Crippen molar-refractivity contribution in [2.24, 2.45) is 0 Å².